The molecular weight excluding hydrogens is 350 g/mol. The maximum Gasteiger partial charge on any atom is 0.274 e. The molecule has 0 saturated carbocycles. The summed E-state index contributed by atoms with van der Waals surface area (Å²) < 4.78 is 0. The van der Waals surface area contributed by atoms with Crippen molar-refractivity contribution in [3.63, 3.8) is 0 Å². The van der Waals surface area contributed by atoms with E-state index in [4.69, 9.17) is 11.6 Å². The number of carbonyl (C=O) groups excluding carboxylic acids is 1. The number of nitrogens with zero attached hydrogens (tertiary/aromatic N) is 4. The minimum Gasteiger partial charge on any atom is -0.337 e. The summed E-state index contributed by atoms with van der Waals surface area (Å²) in [7, 11) is 0. The van der Waals surface area contributed by atoms with Crippen molar-refractivity contribution < 1.29 is 4.79 Å². The molecule has 1 aliphatic rings. The summed E-state index contributed by atoms with van der Waals surface area (Å²) >= 11 is 6.32. The number of halogens is 1. The van der Waals surface area contributed by atoms with E-state index in [2.05, 4.69) is 33.4 Å². The fraction of sp³-hybridized carbons (Fsp3) is 0.421. The summed E-state index contributed by atoms with van der Waals surface area (Å²) in [5.41, 5.74) is 3.31. The van der Waals surface area contributed by atoms with Gasteiger partial charge in [0.25, 0.3) is 5.91 Å². The fourth-order valence-electron chi connectivity index (χ4n) is 3.14. The van der Waals surface area contributed by atoms with Crippen LogP contribution in [0.3, 0.4) is 0 Å². The van der Waals surface area contributed by atoms with E-state index in [0.717, 1.165) is 49.5 Å². The molecule has 26 heavy (non-hydrogen) atoms. The molecule has 1 aromatic heterocycles. The molecule has 1 amide bonds. The van der Waals surface area contributed by atoms with Gasteiger partial charge in [-0.05, 0) is 49.7 Å². The van der Waals surface area contributed by atoms with Gasteiger partial charge in [-0.15, -0.1) is 10.2 Å². The van der Waals surface area contributed by atoms with Crippen molar-refractivity contribution in [2.75, 3.05) is 38.0 Å². The van der Waals surface area contributed by atoms with Gasteiger partial charge >= 0.3 is 0 Å². The van der Waals surface area contributed by atoms with E-state index in [1.54, 1.807) is 12.1 Å². The standard InChI is InChI=1S/C19H24ClN5O/c1-4-24-7-9-25(10-8-24)19(26)16-5-6-17(23-22-16)21-18-14(3)11-13(2)12-15(18)20/h5-6,11-12H,4,7-10H2,1-3H3,(H,21,23). The molecule has 2 aromatic rings. The lowest BCUT2D eigenvalue weighted by Gasteiger charge is -2.33. The highest BCUT2D eigenvalue weighted by molar-refractivity contribution is 6.33. The first kappa shape index (κ1) is 18.6. The predicted molar refractivity (Wildman–Crippen MR) is 104 cm³/mol. The Bertz CT molecular complexity index is 762. The van der Waals surface area contributed by atoms with E-state index in [0.29, 0.717) is 16.5 Å². The average molecular weight is 374 g/mol. The van der Waals surface area contributed by atoms with Crippen molar-refractivity contribution >= 4 is 29.0 Å². The van der Waals surface area contributed by atoms with Gasteiger partial charge in [0.05, 0.1) is 10.7 Å². The van der Waals surface area contributed by atoms with Crippen molar-refractivity contribution in [1.29, 1.82) is 0 Å². The zero-order valence-corrected chi connectivity index (χ0v) is 16.2. The van der Waals surface area contributed by atoms with Crippen LogP contribution in [0.15, 0.2) is 24.3 Å². The Balaban J connectivity index is 1.68. The van der Waals surface area contributed by atoms with Crippen molar-refractivity contribution in [2.45, 2.75) is 20.8 Å². The molecule has 1 N–H and O–H groups in total. The van der Waals surface area contributed by atoms with Crippen LogP contribution in [0.4, 0.5) is 11.5 Å². The molecule has 6 nitrogen and oxygen atoms in total. The molecule has 0 aliphatic carbocycles. The minimum atomic E-state index is -0.0654. The zero-order chi connectivity index (χ0) is 18.7. The molecular formula is C19H24ClN5O. The van der Waals surface area contributed by atoms with Gasteiger partial charge in [0.15, 0.2) is 11.5 Å². The van der Waals surface area contributed by atoms with Crippen molar-refractivity contribution in [3.8, 4) is 0 Å². The summed E-state index contributed by atoms with van der Waals surface area (Å²) in [5.74, 6) is 0.496. The number of carbonyl (C=O) groups is 1. The van der Waals surface area contributed by atoms with Gasteiger partial charge < -0.3 is 15.1 Å². The second-order valence-electron chi connectivity index (χ2n) is 6.59. The number of nitrogens with one attached hydrogen (secondary N) is 1. The lowest BCUT2D eigenvalue weighted by molar-refractivity contribution is 0.0636. The van der Waals surface area contributed by atoms with Gasteiger partial charge in [-0.1, -0.05) is 24.6 Å². The monoisotopic (exact) mass is 373 g/mol. The molecule has 0 spiro atoms. The summed E-state index contributed by atoms with van der Waals surface area (Å²) in [6.07, 6.45) is 0. The maximum atomic E-state index is 12.6. The van der Waals surface area contributed by atoms with E-state index in [1.807, 2.05) is 24.8 Å². The van der Waals surface area contributed by atoms with Crippen LogP contribution >= 0.6 is 11.6 Å². The molecule has 0 unspecified atom stereocenters. The Morgan fingerprint density at radius 3 is 2.46 bits per heavy atom. The van der Waals surface area contributed by atoms with Crippen LogP contribution < -0.4 is 5.32 Å². The molecule has 3 rings (SSSR count). The third kappa shape index (κ3) is 4.14. The van der Waals surface area contributed by atoms with E-state index in [1.165, 1.54) is 0 Å². The normalized spacial score (nSPS) is 15.2. The van der Waals surface area contributed by atoms with Crippen LogP contribution in [0.25, 0.3) is 0 Å². The van der Waals surface area contributed by atoms with Gasteiger partial charge in [0.2, 0.25) is 0 Å². The van der Waals surface area contributed by atoms with Crippen LogP contribution in [0, 0.1) is 13.8 Å². The number of rotatable bonds is 4. The van der Waals surface area contributed by atoms with Gasteiger partial charge in [-0.2, -0.15) is 0 Å². The Hall–Kier alpha value is -2.18. The van der Waals surface area contributed by atoms with Crippen molar-refractivity contribution in [2.24, 2.45) is 0 Å². The van der Waals surface area contributed by atoms with Crippen molar-refractivity contribution in [3.05, 3.63) is 46.1 Å². The summed E-state index contributed by atoms with van der Waals surface area (Å²) in [6.45, 7) is 10.4. The molecule has 1 saturated heterocycles. The van der Waals surface area contributed by atoms with Crippen LogP contribution in [-0.4, -0.2) is 58.6 Å². The third-order valence-corrected chi connectivity index (χ3v) is 4.97. The minimum absolute atomic E-state index is 0.0654. The lowest BCUT2D eigenvalue weighted by atomic mass is 10.1. The number of benzene rings is 1. The highest BCUT2D eigenvalue weighted by Gasteiger charge is 2.22. The van der Waals surface area contributed by atoms with Crippen molar-refractivity contribution in [1.82, 2.24) is 20.0 Å². The van der Waals surface area contributed by atoms with Crippen LogP contribution in [0.2, 0.25) is 5.02 Å². The van der Waals surface area contributed by atoms with E-state index in [-0.39, 0.29) is 5.91 Å². The second-order valence-corrected chi connectivity index (χ2v) is 7.00. The van der Waals surface area contributed by atoms with E-state index >= 15 is 0 Å². The molecule has 0 bridgehead atoms. The molecule has 1 aliphatic heterocycles. The molecule has 1 fully saturated rings. The molecule has 7 heteroatoms. The highest BCUT2D eigenvalue weighted by atomic mass is 35.5. The van der Waals surface area contributed by atoms with Crippen LogP contribution in [0.5, 0.6) is 0 Å². The van der Waals surface area contributed by atoms with Crippen LogP contribution in [0.1, 0.15) is 28.5 Å². The first-order chi connectivity index (χ1) is 12.5. The second kappa shape index (κ2) is 8.01. The number of hydrogen-bond donors (Lipinski definition) is 1. The number of aryl methyl sites for hydroxylation is 2. The molecule has 0 atom stereocenters. The predicted octanol–water partition coefficient (Wildman–Crippen LogP) is 3.27. The number of hydrogen-bond acceptors (Lipinski definition) is 5. The summed E-state index contributed by atoms with van der Waals surface area (Å²) in [6, 6.07) is 7.42. The average Bonchev–Trinajstić information content (AvgIpc) is 2.64. The highest BCUT2D eigenvalue weighted by Crippen LogP contribution is 2.29. The molecule has 1 aromatic carbocycles. The lowest BCUT2D eigenvalue weighted by Crippen LogP contribution is -2.48. The number of anilines is 2. The zero-order valence-electron chi connectivity index (χ0n) is 15.4. The van der Waals surface area contributed by atoms with Gasteiger partial charge in [-0.25, -0.2) is 0 Å². The summed E-state index contributed by atoms with van der Waals surface area (Å²) in [4.78, 5) is 16.7. The number of likely N-dealkylation sites (N-methyl/N-ethyl adjacent to an activating group) is 1. The topological polar surface area (TPSA) is 61.4 Å². The van der Waals surface area contributed by atoms with E-state index in [9.17, 15) is 4.79 Å². The summed E-state index contributed by atoms with van der Waals surface area (Å²) in [5, 5.41) is 12.1. The molecule has 138 valence electrons. The smallest absolute Gasteiger partial charge is 0.274 e. The number of amides is 1. The third-order valence-electron chi connectivity index (χ3n) is 4.68. The first-order valence-corrected chi connectivity index (χ1v) is 9.25. The Labute approximate surface area is 159 Å². The van der Waals surface area contributed by atoms with E-state index < -0.39 is 0 Å². The van der Waals surface area contributed by atoms with Gasteiger partial charge in [0, 0.05) is 26.2 Å². The molecule has 0 radical (unpaired) electrons. The Morgan fingerprint density at radius 2 is 1.88 bits per heavy atom. The Morgan fingerprint density at radius 1 is 1.15 bits per heavy atom. The quantitative estimate of drug-likeness (QED) is 0.891. The van der Waals surface area contributed by atoms with Crippen LogP contribution in [-0.2, 0) is 0 Å². The first-order valence-electron chi connectivity index (χ1n) is 8.87. The Kier molecular flexibility index (Phi) is 5.74. The fourth-order valence-corrected chi connectivity index (χ4v) is 3.51. The van der Waals surface area contributed by atoms with Gasteiger partial charge in [-0.3, -0.25) is 4.79 Å². The largest absolute Gasteiger partial charge is 0.337 e. The van der Waals surface area contributed by atoms with Gasteiger partial charge in [0.1, 0.15) is 0 Å². The number of aromatic nitrogens is 2. The SMILES string of the molecule is CCN1CCN(C(=O)c2ccc(Nc3c(C)cc(C)cc3Cl)nn2)CC1. The maximum absolute atomic E-state index is 12.6. The molecule has 2 heterocycles. The number of piperazine rings is 1.